The van der Waals surface area contributed by atoms with Crippen molar-refractivity contribution in [3.8, 4) is 11.3 Å². The lowest BCUT2D eigenvalue weighted by Crippen LogP contribution is -2.20. The summed E-state index contributed by atoms with van der Waals surface area (Å²) in [5.74, 6) is 0.695. The average Bonchev–Trinajstić information content (AvgIpc) is 2.72. The van der Waals surface area contributed by atoms with Crippen LogP contribution in [0.3, 0.4) is 0 Å². The van der Waals surface area contributed by atoms with Gasteiger partial charge >= 0.3 is 0 Å². The number of hydrogen-bond acceptors (Lipinski definition) is 4. The first kappa shape index (κ1) is 21.3. The molecule has 3 rings (SSSR count). The van der Waals surface area contributed by atoms with E-state index < -0.39 is 0 Å². The summed E-state index contributed by atoms with van der Waals surface area (Å²) in [6.07, 6.45) is 3.43. The van der Waals surface area contributed by atoms with Gasteiger partial charge in [-0.15, -0.1) is 0 Å². The molecular weight excluding hydrogens is 384 g/mol. The van der Waals surface area contributed by atoms with Crippen LogP contribution in [0, 0.1) is 5.92 Å². The fourth-order valence-corrected chi connectivity index (χ4v) is 3.49. The van der Waals surface area contributed by atoms with Gasteiger partial charge in [0.15, 0.2) is 0 Å². The molecular formula is C23H29ClN4O. The Kier molecular flexibility index (Phi) is 7.67. The molecule has 1 aromatic heterocycles. The van der Waals surface area contributed by atoms with Crippen LogP contribution in [0.5, 0.6) is 0 Å². The van der Waals surface area contributed by atoms with Gasteiger partial charge in [-0.05, 0) is 50.0 Å². The van der Waals surface area contributed by atoms with Crippen molar-refractivity contribution in [2.75, 3.05) is 25.0 Å². The standard InChI is InChI=1S/C23H29ClN4O/c1-16(2)15-25-12-6-3-7-13-26-21-14-17(10-11-20(21)24)22-18-8-4-5-9-19(18)23(29)28-27-22/h4-5,8-11,14,16,25-26H,3,6-7,12-13,15H2,1-2H3,(H,28,29). The summed E-state index contributed by atoms with van der Waals surface area (Å²) < 4.78 is 0. The van der Waals surface area contributed by atoms with Gasteiger partial charge in [-0.25, -0.2) is 5.10 Å². The second kappa shape index (κ2) is 10.4. The predicted octanol–water partition coefficient (Wildman–Crippen LogP) is 5.07. The van der Waals surface area contributed by atoms with Crippen LogP contribution in [-0.4, -0.2) is 29.8 Å². The fourth-order valence-electron chi connectivity index (χ4n) is 3.31. The number of nitrogens with zero attached hydrogens (tertiary/aromatic N) is 1. The van der Waals surface area contributed by atoms with E-state index in [0.29, 0.717) is 16.3 Å². The quantitative estimate of drug-likeness (QED) is 0.406. The summed E-state index contributed by atoms with van der Waals surface area (Å²) in [5.41, 5.74) is 2.37. The zero-order valence-electron chi connectivity index (χ0n) is 17.1. The second-order valence-corrected chi connectivity index (χ2v) is 8.13. The van der Waals surface area contributed by atoms with Gasteiger partial charge in [-0.3, -0.25) is 4.79 Å². The number of benzene rings is 2. The van der Waals surface area contributed by atoms with E-state index in [-0.39, 0.29) is 5.56 Å². The smallest absolute Gasteiger partial charge is 0.272 e. The molecule has 0 amide bonds. The maximum absolute atomic E-state index is 12.0. The number of anilines is 1. The Bertz CT molecular complexity index is 1000. The minimum absolute atomic E-state index is 0.181. The van der Waals surface area contributed by atoms with Crippen LogP contribution in [0.15, 0.2) is 47.3 Å². The highest BCUT2D eigenvalue weighted by Crippen LogP contribution is 2.30. The Balaban J connectivity index is 1.63. The van der Waals surface area contributed by atoms with Gasteiger partial charge in [0.05, 0.1) is 21.8 Å². The van der Waals surface area contributed by atoms with Gasteiger partial charge in [0.2, 0.25) is 0 Å². The number of unbranched alkanes of at least 4 members (excludes halogenated alkanes) is 2. The molecule has 0 aliphatic heterocycles. The van der Waals surface area contributed by atoms with Crippen molar-refractivity contribution in [3.05, 3.63) is 57.8 Å². The first-order chi connectivity index (χ1) is 14.1. The maximum Gasteiger partial charge on any atom is 0.272 e. The monoisotopic (exact) mass is 412 g/mol. The van der Waals surface area contributed by atoms with Gasteiger partial charge < -0.3 is 10.6 Å². The van der Waals surface area contributed by atoms with E-state index in [0.717, 1.165) is 48.4 Å². The van der Waals surface area contributed by atoms with Gasteiger partial charge in [-0.2, -0.15) is 5.10 Å². The van der Waals surface area contributed by atoms with Crippen LogP contribution in [0.25, 0.3) is 22.0 Å². The van der Waals surface area contributed by atoms with Crippen molar-refractivity contribution >= 4 is 28.1 Å². The number of rotatable bonds is 10. The largest absolute Gasteiger partial charge is 0.384 e. The molecule has 29 heavy (non-hydrogen) atoms. The van der Waals surface area contributed by atoms with Crippen molar-refractivity contribution < 1.29 is 0 Å². The van der Waals surface area contributed by atoms with E-state index in [1.54, 1.807) is 0 Å². The number of halogens is 1. The van der Waals surface area contributed by atoms with Crippen LogP contribution < -0.4 is 16.2 Å². The number of fused-ring (bicyclic) bond motifs is 1. The van der Waals surface area contributed by atoms with E-state index in [1.165, 1.54) is 12.8 Å². The summed E-state index contributed by atoms with van der Waals surface area (Å²) in [4.78, 5) is 12.0. The molecule has 5 nitrogen and oxygen atoms in total. The van der Waals surface area contributed by atoms with Crippen molar-refractivity contribution in [1.29, 1.82) is 0 Å². The second-order valence-electron chi connectivity index (χ2n) is 7.73. The SMILES string of the molecule is CC(C)CNCCCCCNc1cc(-c2n[nH]c(=O)c3ccccc23)ccc1Cl. The fraction of sp³-hybridized carbons (Fsp3) is 0.391. The highest BCUT2D eigenvalue weighted by Gasteiger charge is 2.10. The van der Waals surface area contributed by atoms with Gasteiger partial charge in [0, 0.05) is 17.5 Å². The zero-order valence-corrected chi connectivity index (χ0v) is 17.9. The van der Waals surface area contributed by atoms with Gasteiger partial charge in [0.25, 0.3) is 5.56 Å². The molecule has 0 atom stereocenters. The van der Waals surface area contributed by atoms with Crippen LogP contribution in [-0.2, 0) is 0 Å². The Labute approximate surface area is 176 Å². The summed E-state index contributed by atoms with van der Waals surface area (Å²) in [6, 6.07) is 13.3. The van der Waals surface area contributed by atoms with E-state index in [1.807, 2.05) is 42.5 Å². The maximum atomic E-state index is 12.0. The van der Waals surface area contributed by atoms with Gasteiger partial charge in [0.1, 0.15) is 0 Å². The molecule has 0 saturated carbocycles. The summed E-state index contributed by atoms with van der Waals surface area (Å²) in [7, 11) is 0. The molecule has 3 aromatic rings. The van der Waals surface area contributed by atoms with Crippen LogP contribution in [0.2, 0.25) is 5.02 Å². The Morgan fingerprint density at radius 3 is 2.59 bits per heavy atom. The zero-order chi connectivity index (χ0) is 20.6. The minimum Gasteiger partial charge on any atom is -0.384 e. The molecule has 154 valence electrons. The minimum atomic E-state index is -0.181. The normalized spacial score (nSPS) is 11.3. The van der Waals surface area contributed by atoms with Crippen LogP contribution in [0.1, 0.15) is 33.1 Å². The summed E-state index contributed by atoms with van der Waals surface area (Å²) >= 11 is 6.39. The molecule has 0 radical (unpaired) electrons. The Hall–Kier alpha value is -2.37. The van der Waals surface area contributed by atoms with Crippen molar-refractivity contribution in [3.63, 3.8) is 0 Å². The van der Waals surface area contributed by atoms with Crippen molar-refractivity contribution in [1.82, 2.24) is 15.5 Å². The van der Waals surface area contributed by atoms with Crippen LogP contribution >= 0.6 is 11.6 Å². The third kappa shape index (κ3) is 5.81. The highest BCUT2D eigenvalue weighted by molar-refractivity contribution is 6.33. The lowest BCUT2D eigenvalue weighted by molar-refractivity contribution is 0.532. The molecule has 1 heterocycles. The number of aromatic amines is 1. The number of aromatic nitrogens is 2. The number of nitrogens with one attached hydrogen (secondary N) is 3. The van der Waals surface area contributed by atoms with E-state index in [2.05, 4.69) is 34.7 Å². The lowest BCUT2D eigenvalue weighted by atomic mass is 10.0. The molecule has 3 N–H and O–H groups in total. The summed E-state index contributed by atoms with van der Waals surface area (Å²) in [6.45, 7) is 7.46. The molecule has 0 saturated heterocycles. The topological polar surface area (TPSA) is 69.8 Å². The van der Waals surface area contributed by atoms with E-state index >= 15 is 0 Å². The molecule has 0 unspecified atom stereocenters. The Morgan fingerprint density at radius 1 is 1.03 bits per heavy atom. The van der Waals surface area contributed by atoms with Crippen LogP contribution in [0.4, 0.5) is 5.69 Å². The Morgan fingerprint density at radius 2 is 1.79 bits per heavy atom. The van der Waals surface area contributed by atoms with Crippen molar-refractivity contribution in [2.24, 2.45) is 5.92 Å². The average molecular weight is 413 g/mol. The molecule has 0 aliphatic carbocycles. The number of H-pyrrole nitrogens is 1. The molecule has 0 bridgehead atoms. The highest BCUT2D eigenvalue weighted by atomic mass is 35.5. The summed E-state index contributed by atoms with van der Waals surface area (Å²) in [5, 5.41) is 15.9. The van der Waals surface area contributed by atoms with E-state index in [9.17, 15) is 4.79 Å². The molecule has 0 spiro atoms. The molecule has 6 heteroatoms. The molecule has 0 fully saturated rings. The molecule has 2 aromatic carbocycles. The predicted molar refractivity (Wildman–Crippen MR) is 123 cm³/mol. The lowest BCUT2D eigenvalue weighted by Gasteiger charge is -2.12. The third-order valence-corrected chi connectivity index (χ3v) is 5.16. The first-order valence-electron chi connectivity index (χ1n) is 10.3. The van der Waals surface area contributed by atoms with E-state index in [4.69, 9.17) is 11.6 Å². The third-order valence-electron chi connectivity index (χ3n) is 4.83. The first-order valence-corrected chi connectivity index (χ1v) is 10.7. The van der Waals surface area contributed by atoms with Crippen molar-refractivity contribution in [2.45, 2.75) is 33.1 Å². The molecule has 0 aliphatic rings. The van der Waals surface area contributed by atoms with Gasteiger partial charge in [-0.1, -0.05) is 56.1 Å². The number of hydrogen-bond donors (Lipinski definition) is 3.